The van der Waals surface area contributed by atoms with Crippen LogP contribution in [-0.2, 0) is 4.74 Å². The molecule has 1 aliphatic rings. The fourth-order valence-corrected chi connectivity index (χ4v) is 1.99. The summed E-state index contributed by atoms with van der Waals surface area (Å²) < 4.78 is 10.9. The first-order valence-corrected chi connectivity index (χ1v) is 6.11. The van der Waals surface area contributed by atoms with Crippen molar-refractivity contribution in [3.8, 4) is 5.75 Å². The van der Waals surface area contributed by atoms with Crippen LogP contribution in [0.4, 0.5) is 5.69 Å². The van der Waals surface area contributed by atoms with Gasteiger partial charge in [-0.05, 0) is 18.2 Å². The van der Waals surface area contributed by atoms with Gasteiger partial charge in [0.25, 0.3) is 0 Å². The maximum Gasteiger partial charge on any atom is 0.138 e. The highest BCUT2D eigenvalue weighted by Gasteiger charge is 2.10. The standard InChI is InChI=1S/C12H17ClN2O2/c13-11-9-10(14)1-2-12(11)17-8-5-15-3-6-16-7-4-15/h1-2,9H,3-8,14H2. The molecule has 1 heterocycles. The van der Waals surface area contributed by atoms with E-state index in [0.717, 1.165) is 32.8 Å². The predicted octanol–water partition coefficient (Wildman–Crippen LogP) is 1.63. The largest absolute Gasteiger partial charge is 0.491 e. The molecule has 17 heavy (non-hydrogen) atoms. The molecule has 0 aliphatic carbocycles. The molecule has 2 N–H and O–H groups in total. The van der Waals surface area contributed by atoms with Crippen molar-refractivity contribution >= 4 is 17.3 Å². The molecule has 0 radical (unpaired) electrons. The number of hydrogen-bond acceptors (Lipinski definition) is 4. The third-order valence-corrected chi connectivity index (χ3v) is 3.02. The van der Waals surface area contributed by atoms with Crippen molar-refractivity contribution in [1.82, 2.24) is 4.90 Å². The quantitative estimate of drug-likeness (QED) is 0.832. The highest BCUT2D eigenvalue weighted by Crippen LogP contribution is 2.26. The number of hydrogen-bond donors (Lipinski definition) is 1. The zero-order valence-electron chi connectivity index (χ0n) is 9.69. The summed E-state index contributed by atoms with van der Waals surface area (Å²) in [4.78, 5) is 2.31. The van der Waals surface area contributed by atoms with Crippen LogP contribution in [0.3, 0.4) is 0 Å². The summed E-state index contributed by atoms with van der Waals surface area (Å²) in [6.45, 7) is 5.08. The van der Waals surface area contributed by atoms with E-state index in [1.165, 1.54) is 0 Å². The number of halogens is 1. The minimum Gasteiger partial charge on any atom is -0.491 e. The molecule has 1 fully saturated rings. The van der Waals surface area contributed by atoms with E-state index in [1.54, 1.807) is 18.2 Å². The molecule has 0 saturated carbocycles. The van der Waals surface area contributed by atoms with Crippen molar-refractivity contribution in [3.05, 3.63) is 23.2 Å². The summed E-state index contributed by atoms with van der Waals surface area (Å²) in [5.74, 6) is 0.689. The minimum atomic E-state index is 0.562. The fourth-order valence-electron chi connectivity index (χ4n) is 1.74. The van der Waals surface area contributed by atoms with Gasteiger partial charge in [-0.3, -0.25) is 4.90 Å². The van der Waals surface area contributed by atoms with Crippen LogP contribution < -0.4 is 10.5 Å². The first kappa shape index (κ1) is 12.5. The molecule has 0 atom stereocenters. The second-order valence-electron chi connectivity index (χ2n) is 3.99. The maximum absolute atomic E-state index is 6.01. The molecule has 1 aromatic carbocycles. The Morgan fingerprint density at radius 1 is 1.35 bits per heavy atom. The molecule has 1 aromatic rings. The summed E-state index contributed by atoms with van der Waals surface area (Å²) in [5, 5.41) is 0.562. The van der Waals surface area contributed by atoms with Crippen LogP contribution in [0, 0.1) is 0 Å². The topological polar surface area (TPSA) is 47.7 Å². The van der Waals surface area contributed by atoms with E-state index in [9.17, 15) is 0 Å². The van der Waals surface area contributed by atoms with Crippen molar-refractivity contribution < 1.29 is 9.47 Å². The van der Waals surface area contributed by atoms with Gasteiger partial charge in [-0.25, -0.2) is 0 Å². The Morgan fingerprint density at radius 2 is 2.12 bits per heavy atom. The molecule has 0 bridgehead atoms. The van der Waals surface area contributed by atoms with Crippen LogP contribution >= 0.6 is 11.6 Å². The van der Waals surface area contributed by atoms with Gasteiger partial charge in [0.15, 0.2) is 0 Å². The molecule has 2 rings (SSSR count). The van der Waals surface area contributed by atoms with Crippen LogP contribution in [0.25, 0.3) is 0 Å². The number of anilines is 1. The van der Waals surface area contributed by atoms with Gasteiger partial charge in [-0.15, -0.1) is 0 Å². The second kappa shape index (κ2) is 6.10. The van der Waals surface area contributed by atoms with Crippen LogP contribution in [0.15, 0.2) is 18.2 Å². The Labute approximate surface area is 106 Å². The average Bonchev–Trinajstić information content (AvgIpc) is 2.33. The molecular formula is C12H17ClN2O2. The summed E-state index contributed by atoms with van der Waals surface area (Å²) in [6.07, 6.45) is 0. The number of rotatable bonds is 4. The zero-order chi connectivity index (χ0) is 12.1. The first-order valence-electron chi connectivity index (χ1n) is 5.73. The molecule has 5 heteroatoms. The van der Waals surface area contributed by atoms with Crippen LogP contribution in [0.2, 0.25) is 5.02 Å². The van der Waals surface area contributed by atoms with Gasteiger partial charge in [0.05, 0.1) is 18.2 Å². The van der Waals surface area contributed by atoms with Crippen molar-refractivity contribution in [3.63, 3.8) is 0 Å². The van der Waals surface area contributed by atoms with Gasteiger partial charge in [-0.2, -0.15) is 0 Å². The molecule has 0 aromatic heterocycles. The van der Waals surface area contributed by atoms with E-state index in [-0.39, 0.29) is 0 Å². The molecule has 0 amide bonds. The number of benzene rings is 1. The third-order valence-electron chi connectivity index (χ3n) is 2.72. The van der Waals surface area contributed by atoms with Gasteiger partial charge in [-0.1, -0.05) is 11.6 Å². The molecule has 1 aliphatic heterocycles. The van der Waals surface area contributed by atoms with E-state index in [2.05, 4.69) is 4.90 Å². The van der Waals surface area contributed by atoms with Crippen molar-refractivity contribution in [2.75, 3.05) is 45.2 Å². The summed E-state index contributed by atoms with van der Waals surface area (Å²) in [5.41, 5.74) is 6.26. The van der Waals surface area contributed by atoms with Gasteiger partial charge in [0.2, 0.25) is 0 Å². The van der Waals surface area contributed by atoms with Crippen LogP contribution in [-0.4, -0.2) is 44.4 Å². The lowest BCUT2D eigenvalue weighted by molar-refractivity contribution is 0.0322. The van der Waals surface area contributed by atoms with Gasteiger partial charge < -0.3 is 15.2 Å². The monoisotopic (exact) mass is 256 g/mol. The number of nitrogens with zero attached hydrogens (tertiary/aromatic N) is 1. The van der Waals surface area contributed by atoms with Crippen molar-refractivity contribution in [1.29, 1.82) is 0 Å². The lowest BCUT2D eigenvalue weighted by Gasteiger charge is -2.26. The molecule has 4 nitrogen and oxygen atoms in total. The van der Waals surface area contributed by atoms with E-state index < -0.39 is 0 Å². The minimum absolute atomic E-state index is 0.562. The van der Waals surface area contributed by atoms with Crippen molar-refractivity contribution in [2.24, 2.45) is 0 Å². The van der Waals surface area contributed by atoms with E-state index in [1.807, 2.05) is 0 Å². The van der Waals surface area contributed by atoms with Gasteiger partial charge in [0, 0.05) is 25.3 Å². The third kappa shape index (κ3) is 3.77. The molecule has 0 spiro atoms. The Balaban J connectivity index is 1.77. The van der Waals surface area contributed by atoms with Crippen LogP contribution in [0.1, 0.15) is 0 Å². The lowest BCUT2D eigenvalue weighted by atomic mass is 10.3. The Morgan fingerprint density at radius 3 is 2.82 bits per heavy atom. The first-order chi connectivity index (χ1) is 8.25. The normalized spacial score (nSPS) is 17.0. The van der Waals surface area contributed by atoms with Crippen molar-refractivity contribution in [2.45, 2.75) is 0 Å². The Bertz CT molecular complexity index is 368. The van der Waals surface area contributed by atoms with Gasteiger partial charge >= 0.3 is 0 Å². The summed E-state index contributed by atoms with van der Waals surface area (Å²) in [7, 11) is 0. The molecule has 0 unspecified atom stereocenters. The van der Waals surface area contributed by atoms with E-state index >= 15 is 0 Å². The molecule has 1 saturated heterocycles. The summed E-state index contributed by atoms with van der Waals surface area (Å²) in [6, 6.07) is 5.29. The number of nitrogens with two attached hydrogens (primary N) is 1. The Hall–Kier alpha value is -0.970. The average molecular weight is 257 g/mol. The zero-order valence-corrected chi connectivity index (χ0v) is 10.4. The smallest absolute Gasteiger partial charge is 0.138 e. The fraction of sp³-hybridized carbons (Fsp3) is 0.500. The second-order valence-corrected chi connectivity index (χ2v) is 4.40. The number of morpholine rings is 1. The molecular weight excluding hydrogens is 240 g/mol. The SMILES string of the molecule is Nc1ccc(OCCN2CCOCC2)c(Cl)c1. The van der Waals surface area contributed by atoms with Crippen LogP contribution in [0.5, 0.6) is 5.75 Å². The lowest BCUT2D eigenvalue weighted by Crippen LogP contribution is -2.38. The van der Waals surface area contributed by atoms with Gasteiger partial charge in [0.1, 0.15) is 12.4 Å². The number of ether oxygens (including phenoxy) is 2. The van der Waals surface area contributed by atoms with E-state index in [0.29, 0.717) is 23.1 Å². The number of nitrogen functional groups attached to an aromatic ring is 1. The predicted molar refractivity (Wildman–Crippen MR) is 68.6 cm³/mol. The molecule has 94 valence electrons. The Kier molecular flexibility index (Phi) is 4.48. The van der Waals surface area contributed by atoms with E-state index in [4.69, 9.17) is 26.8 Å². The maximum atomic E-state index is 6.01. The highest BCUT2D eigenvalue weighted by molar-refractivity contribution is 6.32. The summed E-state index contributed by atoms with van der Waals surface area (Å²) >= 11 is 6.01. The highest BCUT2D eigenvalue weighted by atomic mass is 35.5.